The fraction of sp³-hybridized carbons (Fsp3) is 0.125. The van der Waals surface area contributed by atoms with Crippen LogP contribution in [0.15, 0.2) is 60.9 Å². The van der Waals surface area contributed by atoms with Crippen molar-refractivity contribution in [2.45, 2.75) is 13.2 Å². The van der Waals surface area contributed by atoms with Gasteiger partial charge >= 0.3 is 0 Å². The van der Waals surface area contributed by atoms with Crippen molar-refractivity contribution in [3.05, 3.63) is 72.3 Å². The van der Waals surface area contributed by atoms with Gasteiger partial charge in [-0.25, -0.2) is 4.68 Å². The molecule has 0 aliphatic carbocycles. The van der Waals surface area contributed by atoms with E-state index in [4.69, 9.17) is 9.84 Å². The standard InChI is InChI=1S/C16H15N3O2/c20-11-13-6-7-16(10-17-13)21-12-14-8-9-19(18-14)15-4-2-1-3-5-15/h1-10,20H,11-12H2. The minimum Gasteiger partial charge on any atom is -0.486 e. The molecule has 0 radical (unpaired) electrons. The highest BCUT2D eigenvalue weighted by Gasteiger charge is 2.02. The van der Waals surface area contributed by atoms with E-state index < -0.39 is 0 Å². The SMILES string of the molecule is OCc1ccc(OCc2ccn(-c3ccccc3)n2)cn1. The summed E-state index contributed by atoms with van der Waals surface area (Å²) in [6, 6.07) is 15.3. The quantitative estimate of drug-likeness (QED) is 0.779. The third-order valence-corrected chi connectivity index (χ3v) is 3.01. The number of nitrogens with zero attached hydrogens (tertiary/aromatic N) is 3. The van der Waals surface area contributed by atoms with E-state index in [2.05, 4.69) is 10.1 Å². The third kappa shape index (κ3) is 3.27. The second-order valence-corrected chi connectivity index (χ2v) is 4.52. The molecule has 2 aromatic heterocycles. The number of aliphatic hydroxyl groups is 1. The van der Waals surface area contributed by atoms with Crippen molar-refractivity contribution in [3.63, 3.8) is 0 Å². The number of ether oxygens (including phenoxy) is 1. The molecule has 0 aliphatic heterocycles. The third-order valence-electron chi connectivity index (χ3n) is 3.01. The fourth-order valence-corrected chi connectivity index (χ4v) is 1.91. The Hall–Kier alpha value is -2.66. The summed E-state index contributed by atoms with van der Waals surface area (Å²) in [6.07, 6.45) is 3.50. The molecule has 0 saturated heterocycles. The Morgan fingerprint density at radius 3 is 2.57 bits per heavy atom. The smallest absolute Gasteiger partial charge is 0.138 e. The fourth-order valence-electron chi connectivity index (χ4n) is 1.91. The van der Waals surface area contributed by atoms with Gasteiger partial charge in [-0.05, 0) is 30.3 Å². The average Bonchev–Trinajstić information content (AvgIpc) is 3.03. The molecule has 0 amide bonds. The lowest BCUT2D eigenvalue weighted by Crippen LogP contribution is -2.00. The molecule has 3 aromatic rings. The summed E-state index contributed by atoms with van der Waals surface area (Å²) >= 11 is 0. The van der Waals surface area contributed by atoms with Crippen molar-refractivity contribution in [2.75, 3.05) is 0 Å². The van der Waals surface area contributed by atoms with Crippen molar-refractivity contribution >= 4 is 0 Å². The van der Waals surface area contributed by atoms with Crippen molar-refractivity contribution in [2.24, 2.45) is 0 Å². The summed E-state index contributed by atoms with van der Waals surface area (Å²) in [5.41, 5.74) is 2.47. The number of hydrogen-bond acceptors (Lipinski definition) is 4. The summed E-state index contributed by atoms with van der Waals surface area (Å²) in [6.45, 7) is 0.307. The van der Waals surface area contributed by atoms with Crippen LogP contribution < -0.4 is 4.74 Å². The maximum Gasteiger partial charge on any atom is 0.138 e. The van der Waals surface area contributed by atoms with Gasteiger partial charge in [0.25, 0.3) is 0 Å². The first-order chi connectivity index (χ1) is 10.3. The molecule has 21 heavy (non-hydrogen) atoms. The van der Waals surface area contributed by atoms with Crippen LogP contribution in [0.3, 0.4) is 0 Å². The van der Waals surface area contributed by atoms with Crippen LogP contribution in [-0.2, 0) is 13.2 Å². The van der Waals surface area contributed by atoms with E-state index in [9.17, 15) is 0 Å². The summed E-state index contributed by atoms with van der Waals surface area (Å²) in [7, 11) is 0. The summed E-state index contributed by atoms with van der Waals surface area (Å²) in [5, 5.41) is 13.4. The molecule has 106 valence electrons. The Kier molecular flexibility index (Phi) is 3.93. The van der Waals surface area contributed by atoms with Gasteiger partial charge in [-0.2, -0.15) is 5.10 Å². The lowest BCUT2D eigenvalue weighted by Gasteiger charge is -2.04. The van der Waals surface area contributed by atoms with E-state index in [1.807, 2.05) is 47.3 Å². The highest BCUT2D eigenvalue weighted by atomic mass is 16.5. The zero-order chi connectivity index (χ0) is 14.5. The van der Waals surface area contributed by atoms with Gasteiger partial charge in [-0.3, -0.25) is 4.98 Å². The second kappa shape index (κ2) is 6.19. The van der Waals surface area contributed by atoms with Gasteiger partial charge in [0.2, 0.25) is 0 Å². The van der Waals surface area contributed by atoms with Crippen LogP contribution in [0.4, 0.5) is 0 Å². The summed E-state index contributed by atoms with van der Waals surface area (Å²) < 4.78 is 7.43. The van der Waals surface area contributed by atoms with Crippen molar-refractivity contribution in [1.29, 1.82) is 0 Å². The summed E-state index contributed by atoms with van der Waals surface area (Å²) in [5.74, 6) is 0.654. The highest BCUT2D eigenvalue weighted by molar-refractivity contribution is 5.30. The van der Waals surface area contributed by atoms with Gasteiger partial charge < -0.3 is 9.84 Å². The van der Waals surface area contributed by atoms with Gasteiger partial charge in [0.15, 0.2) is 0 Å². The van der Waals surface area contributed by atoms with Gasteiger partial charge in [-0.1, -0.05) is 18.2 Å². The molecule has 3 rings (SSSR count). The molecule has 1 aromatic carbocycles. The van der Waals surface area contributed by atoms with Gasteiger partial charge in [-0.15, -0.1) is 0 Å². The predicted octanol–water partition coefficient (Wildman–Crippen LogP) is 2.34. The van der Waals surface area contributed by atoms with Crippen LogP contribution in [0, 0.1) is 0 Å². The van der Waals surface area contributed by atoms with E-state index in [1.54, 1.807) is 18.3 Å². The molecule has 0 unspecified atom stereocenters. The number of aromatic nitrogens is 3. The molecular weight excluding hydrogens is 266 g/mol. The Morgan fingerprint density at radius 1 is 1.00 bits per heavy atom. The van der Waals surface area contributed by atoms with Crippen LogP contribution in [-0.4, -0.2) is 19.9 Å². The van der Waals surface area contributed by atoms with E-state index in [0.717, 1.165) is 11.4 Å². The number of rotatable bonds is 5. The minimum atomic E-state index is -0.0677. The molecule has 0 atom stereocenters. The molecule has 1 N–H and O–H groups in total. The van der Waals surface area contributed by atoms with Crippen molar-refractivity contribution in [3.8, 4) is 11.4 Å². The van der Waals surface area contributed by atoms with Crippen molar-refractivity contribution < 1.29 is 9.84 Å². The number of para-hydroxylation sites is 1. The Bertz CT molecular complexity index is 693. The summed E-state index contributed by atoms with van der Waals surface area (Å²) in [4.78, 5) is 4.06. The molecule has 0 spiro atoms. The van der Waals surface area contributed by atoms with Gasteiger partial charge in [0, 0.05) is 6.20 Å². The first kappa shape index (κ1) is 13.3. The van der Waals surface area contributed by atoms with Crippen LogP contribution >= 0.6 is 0 Å². The Balaban J connectivity index is 1.64. The maximum absolute atomic E-state index is 8.93. The normalized spacial score (nSPS) is 10.5. The lowest BCUT2D eigenvalue weighted by atomic mass is 10.3. The zero-order valence-electron chi connectivity index (χ0n) is 11.4. The number of pyridine rings is 1. The number of aliphatic hydroxyl groups excluding tert-OH is 1. The molecule has 5 nitrogen and oxygen atoms in total. The number of hydrogen-bond donors (Lipinski definition) is 1. The number of benzene rings is 1. The Morgan fingerprint density at radius 2 is 1.86 bits per heavy atom. The molecule has 0 fully saturated rings. The van der Waals surface area contributed by atoms with Crippen molar-refractivity contribution in [1.82, 2.24) is 14.8 Å². The first-order valence-corrected chi connectivity index (χ1v) is 6.64. The van der Waals surface area contributed by atoms with Crippen LogP contribution in [0.5, 0.6) is 5.75 Å². The molecule has 5 heteroatoms. The van der Waals surface area contributed by atoms with Crippen LogP contribution in [0.25, 0.3) is 5.69 Å². The maximum atomic E-state index is 8.93. The molecule has 0 aliphatic rings. The van der Waals surface area contributed by atoms with E-state index in [1.165, 1.54) is 0 Å². The second-order valence-electron chi connectivity index (χ2n) is 4.52. The largest absolute Gasteiger partial charge is 0.486 e. The highest BCUT2D eigenvalue weighted by Crippen LogP contribution is 2.12. The first-order valence-electron chi connectivity index (χ1n) is 6.64. The lowest BCUT2D eigenvalue weighted by molar-refractivity contribution is 0.274. The van der Waals surface area contributed by atoms with E-state index in [-0.39, 0.29) is 6.61 Å². The van der Waals surface area contributed by atoms with Crippen LogP contribution in [0.1, 0.15) is 11.4 Å². The molecule has 0 saturated carbocycles. The van der Waals surface area contributed by atoms with E-state index >= 15 is 0 Å². The minimum absolute atomic E-state index is 0.0677. The van der Waals surface area contributed by atoms with Gasteiger partial charge in [0.1, 0.15) is 18.1 Å². The molecule has 2 heterocycles. The average molecular weight is 281 g/mol. The van der Waals surface area contributed by atoms with Gasteiger partial charge in [0.05, 0.1) is 24.2 Å². The molecular formula is C16H15N3O2. The monoisotopic (exact) mass is 281 g/mol. The zero-order valence-corrected chi connectivity index (χ0v) is 11.4. The van der Waals surface area contributed by atoms with E-state index in [0.29, 0.717) is 18.1 Å². The topological polar surface area (TPSA) is 60.2 Å². The Labute approximate surface area is 122 Å². The van der Waals surface area contributed by atoms with Crippen LogP contribution in [0.2, 0.25) is 0 Å². The molecule has 0 bridgehead atoms. The predicted molar refractivity (Wildman–Crippen MR) is 78.1 cm³/mol.